The Morgan fingerprint density at radius 3 is 3.08 bits per heavy atom. The lowest BCUT2D eigenvalue weighted by molar-refractivity contribution is 0.563. The largest absolute Gasteiger partial charge is 0.472 e. The van der Waals surface area contributed by atoms with Crippen LogP contribution in [0.5, 0.6) is 0 Å². The minimum atomic E-state index is 0.615. The molecule has 3 nitrogen and oxygen atoms in total. The minimum Gasteiger partial charge on any atom is -0.472 e. The molecule has 1 aliphatic rings. The van der Waals surface area contributed by atoms with Crippen LogP contribution in [-0.4, -0.2) is 11.2 Å². The van der Waals surface area contributed by atoms with Crippen LogP contribution in [0.1, 0.15) is 18.4 Å². The lowest BCUT2D eigenvalue weighted by Crippen LogP contribution is -2.35. The second-order valence-electron chi connectivity index (χ2n) is 3.23. The molecule has 1 saturated carbocycles. The topological polar surface area (TPSA) is 37.2 Å². The van der Waals surface area contributed by atoms with E-state index >= 15 is 0 Å². The Labute approximate surface area is 82.5 Å². The first kappa shape index (κ1) is 8.56. The van der Waals surface area contributed by atoms with Gasteiger partial charge >= 0.3 is 0 Å². The molecule has 0 radical (unpaired) electrons. The van der Waals surface area contributed by atoms with E-state index < -0.39 is 0 Å². The van der Waals surface area contributed by atoms with Gasteiger partial charge in [0.05, 0.1) is 12.5 Å². The maximum absolute atomic E-state index is 5.09. The molecule has 0 aromatic carbocycles. The van der Waals surface area contributed by atoms with Gasteiger partial charge in [-0.1, -0.05) is 0 Å². The third-order valence-electron chi connectivity index (χ3n) is 1.95. The van der Waals surface area contributed by atoms with E-state index in [9.17, 15) is 0 Å². The first-order chi connectivity index (χ1) is 6.34. The average Bonchev–Trinajstić information content (AvgIpc) is 2.78. The van der Waals surface area contributed by atoms with Crippen molar-refractivity contribution < 1.29 is 4.42 Å². The highest BCUT2D eigenvalue weighted by molar-refractivity contribution is 7.80. The van der Waals surface area contributed by atoms with E-state index in [1.54, 1.807) is 12.5 Å². The van der Waals surface area contributed by atoms with Gasteiger partial charge in [-0.3, -0.25) is 0 Å². The molecule has 4 heteroatoms. The van der Waals surface area contributed by atoms with E-state index in [1.165, 1.54) is 12.8 Å². The van der Waals surface area contributed by atoms with Gasteiger partial charge in [0.1, 0.15) is 0 Å². The van der Waals surface area contributed by atoms with Gasteiger partial charge in [-0.2, -0.15) is 0 Å². The molecule has 0 amide bonds. The van der Waals surface area contributed by atoms with Crippen molar-refractivity contribution in [3.8, 4) is 0 Å². The zero-order valence-corrected chi connectivity index (χ0v) is 8.06. The van der Waals surface area contributed by atoms with Crippen LogP contribution in [0.2, 0.25) is 0 Å². The molecular weight excluding hydrogens is 184 g/mol. The van der Waals surface area contributed by atoms with Crippen molar-refractivity contribution in [2.75, 3.05) is 0 Å². The summed E-state index contributed by atoms with van der Waals surface area (Å²) in [5.41, 5.74) is 1.11. The fourth-order valence-electron chi connectivity index (χ4n) is 1.04. The molecule has 0 saturated heterocycles. The van der Waals surface area contributed by atoms with Crippen molar-refractivity contribution in [1.29, 1.82) is 0 Å². The lowest BCUT2D eigenvalue weighted by Gasteiger charge is -2.07. The summed E-state index contributed by atoms with van der Waals surface area (Å²) in [6.45, 7) is 0.731. The lowest BCUT2D eigenvalue weighted by atomic mass is 10.3. The number of rotatable bonds is 3. The zero-order chi connectivity index (χ0) is 9.10. The molecule has 0 spiro atoms. The summed E-state index contributed by atoms with van der Waals surface area (Å²) in [6, 6.07) is 2.54. The Hall–Kier alpha value is -1.03. The van der Waals surface area contributed by atoms with Crippen molar-refractivity contribution in [2.24, 2.45) is 0 Å². The van der Waals surface area contributed by atoms with E-state index in [2.05, 4.69) is 10.6 Å². The Morgan fingerprint density at radius 2 is 2.46 bits per heavy atom. The van der Waals surface area contributed by atoms with Crippen LogP contribution in [0.4, 0.5) is 0 Å². The van der Waals surface area contributed by atoms with Gasteiger partial charge in [0.2, 0.25) is 0 Å². The standard InChI is InChI=1S/C9H12N2OS/c13-9(11-8-1-2-8)10-5-7-3-4-12-6-7/h3-4,6,8H,1-2,5H2,(H2,10,11,13). The van der Waals surface area contributed by atoms with E-state index in [1.807, 2.05) is 6.07 Å². The predicted molar refractivity (Wildman–Crippen MR) is 54.3 cm³/mol. The van der Waals surface area contributed by atoms with Crippen molar-refractivity contribution in [3.05, 3.63) is 24.2 Å². The molecule has 1 fully saturated rings. The van der Waals surface area contributed by atoms with Crippen LogP contribution >= 0.6 is 12.2 Å². The van der Waals surface area contributed by atoms with Gasteiger partial charge in [0.15, 0.2) is 5.11 Å². The van der Waals surface area contributed by atoms with E-state index in [0.29, 0.717) is 6.04 Å². The number of hydrogen-bond acceptors (Lipinski definition) is 2. The molecule has 1 aromatic heterocycles. The van der Waals surface area contributed by atoms with Crippen LogP contribution in [0, 0.1) is 0 Å². The highest BCUT2D eigenvalue weighted by atomic mass is 32.1. The quantitative estimate of drug-likeness (QED) is 0.717. The molecule has 0 atom stereocenters. The summed E-state index contributed by atoms with van der Waals surface area (Å²) >= 11 is 5.09. The molecule has 2 N–H and O–H groups in total. The molecule has 2 rings (SSSR count). The average molecular weight is 196 g/mol. The second-order valence-corrected chi connectivity index (χ2v) is 3.64. The van der Waals surface area contributed by atoms with Crippen LogP contribution in [-0.2, 0) is 6.54 Å². The number of furan rings is 1. The van der Waals surface area contributed by atoms with E-state index in [-0.39, 0.29) is 0 Å². The first-order valence-corrected chi connectivity index (χ1v) is 4.81. The van der Waals surface area contributed by atoms with Gasteiger partial charge in [-0.25, -0.2) is 0 Å². The SMILES string of the molecule is S=C(NCc1ccoc1)NC1CC1. The van der Waals surface area contributed by atoms with Crippen molar-refractivity contribution in [3.63, 3.8) is 0 Å². The van der Waals surface area contributed by atoms with Crippen LogP contribution < -0.4 is 10.6 Å². The Morgan fingerprint density at radius 1 is 1.62 bits per heavy atom. The summed E-state index contributed by atoms with van der Waals surface area (Å²) in [5, 5.41) is 7.06. The molecule has 1 aliphatic carbocycles. The van der Waals surface area contributed by atoms with Crippen LogP contribution in [0.3, 0.4) is 0 Å². The molecule has 0 aliphatic heterocycles. The molecule has 0 unspecified atom stereocenters. The fourth-order valence-corrected chi connectivity index (χ4v) is 1.28. The van der Waals surface area contributed by atoms with Gasteiger partial charge < -0.3 is 15.1 Å². The van der Waals surface area contributed by atoms with Gasteiger partial charge in [-0.05, 0) is 31.1 Å². The summed E-state index contributed by atoms with van der Waals surface area (Å²) in [5.74, 6) is 0. The van der Waals surface area contributed by atoms with Crippen molar-refractivity contribution in [2.45, 2.75) is 25.4 Å². The molecule has 0 bridgehead atoms. The van der Waals surface area contributed by atoms with Crippen LogP contribution in [0.15, 0.2) is 23.0 Å². The van der Waals surface area contributed by atoms with E-state index in [4.69, 9.17) is 16.6 Å². The van der Waals surface area contributed by atoms with E-state index in [0.717, 1.165) is 17.2 Å². The highest BCUT2D eigenvalue weighted by Crippen LogP contribution is 2.18. The Kier molecular flexibility index (Phi) is 2.49. The van der Waals surface area contributed by atoms with Crippen molar-refractivity contribution >= 4 is 17.3 Å². The fraction of sp³-hybridized carbons (Fsp3) is 0.444. The Balaban J connectivity index is 1.69. The number of thiocarbonyl (C=S) groups is 1. The monoisotopic (exact) mass is 196 g/mol. The molecule has 70 valence electrons. The second kappa shape index (κ2) is 3.79. The molecule has 1 heterocycles. The zero-order valence-electron chi connectivity index (χ0n) is 7.25. The minimum absolute atomic E-state index is 0.615. The maximum atomic E-state index is 5.09. The third-order valence-corrected chi connectivity index (χ3v) is 2.21. The highest BCUT2D eigenvalue weighted by Gasteiger charge is 2.21. The van der Waals surface area contributed by atoms with Gasteiger partial charge in [-0.15, -0.1) is 0 Å². The maximum Gasteiger partial charge on any atom is 0.166 e. The van der Waals surface area contributed by atoms with Crippen LogP contribution in [0.25, 0.3) is 0 Å². The summed E-state index contributed by atoms with van der Waals surface area (Å²) in [7, 11) is 0. The van der Waals surface area contributed by atoms with Gasteiger partial charge in [0.25, 0.3) is 0 Å². The Bertz CT molecular complexity index is 280. The van der Waals surface area contributed by atoms with Crippen molar-refractivity contribution in [1.82, 2.24) is 10.6 Å². The number of hydrogen-bond donors (Lipinski definition) is 2. The smallest absolute Gasteiger partial charge is 0.166 e. The predicted octanol–water partition coefficient (Wildman–Crippen LogP) is 1.41. The summed E-state index contributed by atoms with van der Waals surface area (Å²) < 4.78 is 4.94. The molecular formula is C9H12N2OS. The third kappa shape index (κ3) is 2.73. The first-order valence-electron chi connectivity index (χ1n) is 4.40. The summed E-state index contributed by atoms with van der Waals surface area (Å²) in [6.07, 6.45) is 5.86. The normalized spacial score (nSPS) is 15.4. The summed E-state index contributed by atoms with van der Waals surface area (Å²) in [4.78, 5) is 0. The van der Waals surface area contributed by atoms with Gasteiger partial charge in [0, 0.05) is 18.2 Å². The number of nitrogens with one attached hydrogen (secondary N) is 2. The molecule has 1 aromatic rings. The molecule has 13 heavy (non-hydrogen) atoms.